The smallest absolute Gasteiger partial charge is 0.338 e. The van der Waals surface area contributed by atoms with E-state index in [4.69, 9.17) is 27.9 Å². The Labute approximate surface area is 116 Å². The molecule has 98 valence electrons. The fraction of sp³-hybridized carbons (Fsp3) is 0.385. The molecule has 1 aromatic rings. The van der Waals surface area contributed by atoms with E-state index in [0.717, 1.165) is 0 Å². The molecule has 0 fully saturated rings. The Balaban J connectivity index is 3.03. The Bertz CT molecular complexity index is 444. The molecule has 0 spiro atoms. The average molecular weight is 289 g/mol. The molecule has 0 atom stereocenters. The molecular formula is C13H14Cl2O3. The Morgan fingerprint density at radius 1 is 1.28 bits per heavy atom. The van der Waals surface area contributed by atoms with E-state index in [9.17, 15) is 9.59 Å². The van der Waals surface area contributed by atoms with Gasteiger partial charge in [-0.05, 0) is 24.6 Å². The molecular weight excluding hydrogens is 275 g/mol. The highest BCUT2D eigenvalue weighted by molar-refractivity contribution is 6.20. The van der Waals surface area contributed by atoms with Crippen LogP contribution in [0.1, 0.15) is 39.6 Å². The van der Waals surface area contributed by atoms with Crippen LogP contribution in [0.5, 0.6) is 0 Å². The van der Waals surface area contributed by atoms with Gasteiger partial charge in [0.2, 0.25) is 0 Å². The summed E-state index contributed by atoms with van der Waals surface area (Å²) in [4.78, 5) is 23.3. The normalized spacial score (nSPS) is 10.2. The van der Waals surface area contributed by atoms with Gasteiger partial charge in [0, 0.05) is 23.7 Å². The second-order valence-electron chi connectivity index (χ2n) is 3.59. The minimum absolute atomic E-state index is 0.0731. The number of hydrogen-bond acceptors (Lipinski definition) is 3. The molecule has 0 heterocycles. The first-order chi connectivity index (χ1) is 8.63. The van der Waals surface area contributed by atoms with E-state index in [2.05, 4.69) is 0 Å². The van der Waals surface area contributed by atoms with Crippen LogP contribution in [0.25, 0.3) is 0 Å². The fourth-order valence-corrected chi connectivity index (χ4v) is 1.93. The number of esters is 1. The number of rotatable bonds is 6. The Morgan fingerprint density at radius 3 is 2.56 bits per heavy atom. The number of Topliss-reactive ketones (excluding diaryl/α,β-unsaturated/α-hetero) is 1. The fourth-order valence-electron chi connectivity index (χ4n) is 1.54. The molecule has 0 aliphatic rings. The van der Waals surface area contributed by atoms with E-state index >= 15 is 0 Å². The van der Waals surface area contributed by atoms with Crippen molar-refractivity contribution in [1.29, 1.82) is 0 Å². The molecule has 1 rings (SSSR count). The standard InChI is InChI=1S/C13H14Cl2O3/c1-2-18-13(17)9-3-4-11(10(7-9)8-15)12(16)5-6-14/h3-4,7H,2,5-6,8H2,1H3. The molecule has 0 bridgehead atoms. The minimum Gasteiger partial charge on any atom is -0.462 e. The molecule has 0 aliphatic heterocycles. The van der Waals surface area contributed by atoms with Gasteiger partial charge in [0.1, 0.15) is 0 Å². The summed E-state index contributed by atoms with van der Waals surface area (Å²) in [5.41, 5.74) is 1.53. The first-order valence-electron chi connectivity index (χ1n) is 5.59. The lowest BCUT2D eigenvalue weighted by molar-refractivity contribution is 0.0526. The molecule has 3 nitrogen and oxygen atoms in total. The summed E-state index contributed by atoms with van der Waals surface area (Å²) in [6.07, 6.45) is 0.254. The molecule has 0 aliphatic carbocycles. The molecule has 0 saturated carbocycles. The maximum Gasteiger partial charge on any atom is 0.338 e. The number of carbonyl (C=O) groups excluding carboxylic acids is 2. The molecule has 1 aromatic carbocycles. The third-order valence-electron chi connectivity index (χ3n) is 2.38. The van der Waals surface area contributed by atoms with E-state index in [-0.39, 0.29) is 24.0 Å². The van der Waals surface area contributed by atoms with Crippen LogP contribution in [0.2, 0.25) is 0 Å². The van der Waals surface area contributed by atoms with Crippen molar-refractivity contribution in [2.24, 2.45) is 0 Å². The van der Waals surface area contributed by atoms with Gasteiger partial charge >= 0.3 is 5.97 Å². The van der Waals surface area contributed by atoms with Gasteiger partial charge in [0.25, 0.3) is 0 Å². The highest BCUT2D eigenvalue weighted by Crippen LogP contribution is 2.17. The predicted molar refractivity (Wildman–Crippen MR) is 71.6 cm³/mol. The van der Waals surface area contributed by atoms with Gasteiger partial charge in [-0.1, -0.05) is 6.07 Å². The summed E-state index contributed by atoms with van der Waals surface area (Å²) in [5.74, 6) is -0.0622. The summed E-state index contributed by atoms with van der Waals surface area (Å²) in [6.45, 7) is 2.04. The lowest BCUT2D eigenvalue weighted by Crippen LogP contribution is -2.08. The second kappa shape index (κ2) is 7.39. The SMILES string of the molecule is CCOC(=O)c1ccc(C(=O)CCCl)c(CCl)c1. The van der Waals surface area contributed by atoms with Crippen molar-refractivity contribution in [1.82, 2.24) is 0 Å². The van der Waals surface area contributed by atoms with Crippen LogP contribution in [-0.4, -0.2) is 24.2 Å². The van der Waals surface area contributed by atoms with Crippen LogP contribution < -0.4 is 0 Å². The lowest BCUT2D eigenvalue weighted by atomic mass is 10.0. The Morgan fingerprint density at radius 2 is 2.00 bits per heavy atom. The van der Waals surface area contributed by atoms with Crippen molar-refractivity contribution in [2.45, 2.75) is 19.2 Å². The molecule has 0 saturated heterocycles. The number of ketones is 1. The third-order valence-corrected chi connectivity index (χ3v) is 2.86. The number of alkyl halides is 2. The molecule has 0 radical (unpaired) electrons. The molecule has 0 amide bonds. The third kappa shape index (κ3) is 3.72. The summed E-state index contributed by atoms with van der Waals surface area (Å²) in [7, 11) is 0. The van der Waals surface area contributed by atoms with Gasteiger partial charge < -0.3 is 4.74 Å². The maximum atomic E-state index is 11.8. The zero-order valence-corrected chi connectivity index (χ0v) is 11.6. The highest BCUT2D eigenvalue weighted by Gasteiger charge is 2.14. The first-order valence-corrected chi connectivity index (χ1v) is 6.66. The largest absolute Gasteiger partial charge is 0.462 e. The number of halogens is 2. The number of carbonyl (C=O) groups is 2. The zero-order valence-electron chi connectivity index (χ0n) is 10.0. The quantitative estimate of drug-likeness (QED) is 0.458. The summed E-state index contributed by atoms with van der Waals surface area (Å²) in [6, 6.07) is 4.75. The minimum atomic E-state index is -0.416. The van der Waals surface area contributed by atoms with Gasteiger partial charge in [-0.25, -0.2) is 4.79 Å². The predicted octanol–water partition coefficient (Wildman–Crippen LogP) is 3.41. The van der Waals surface area contributed by atoms with Crippen LogP contribution >= 0.6 is 23.2 Å². The van der Waals surface area contributed by atoms with Crippen LogP contribution in [0.15, 0.2) is 18.2 Å². The van der Waals surface area contributed by atoms with E-state index in [1.807, 2.05) is 0 Å². The number of ether oxygens (including phenoxy) is 1. The highest BCUT2D eigenvalue weighted by atomic mass is 35.5. The van der Waals surface area contributed by atoms with Crippen molar-refractivity contribution >= 4 is 35.0 Å². The van der Waals surface area contributed by atoms with Crippen molar-refractivity contribution in [3.8, 4) is 0 Å². The average Bonchev–Trinajstić information content (AvgIpc) is 2.38. The summed E-state index contributed by atoms with van der Waals surface area (Å²) < 4.78 is 4.89. The van der Waals surface area contributed by atoms with Crippen LogP contribution in [0, 0.1) is 0 Å². The zero-order chi connectivity index (χ0) is 13.5. The number of benzene rings is 1. The molecule has 0 N–H and O–H groups in total. The van der Waals surface area contributed by atoms with Crippen molar-refractivity contribution < 1.29 is 14.3 Å². The van der Waals surface area contributed by atoms with Gasteiger partial charge in [-0.15, -0.1) is 23.2 Å². The Kier molecular flexibility index (Phi) is 6.16. The van der Waals surface area contributed by atoms with Crippen molar-refractivity contribution in [2.75, 3.05) is 12.5 Å². The Hall–Kier alpha value is -1.06. The topological polar surface area (TPSA) is 43.4 Å². The van der Waals surface area contributed by atoms with E-state index < -0.39 is 5.97 Å². The maximum absolute atomic E-state index is 11.8. The lowest BCUT2D eigenvalue weighted by Gasteiger charge is -2.08. The molecule has 18 heavy (non-hydrogen) atoms. The van der Waals surface area contributed by atoms with E-state index in [1.165, 1.54) is 0 Å². The summed E-state index contributed by atoms with van der Waals surface area (Å²) >= 11 is 11.3. The van der Waals surface area contributed by atoms with Crippen LogP contribution in [0.3, 0.4) is 0 Å². The van der Waals surface area contributed by atoms with Gasteiger partial charge in [-0.2, -0.15) is 0 Å². The van der Waals surface area contributed by atoms with Gasteiger partial charge in [-0.3, -0.25) is 4.79 Å². The molecule has 5 heteroatoms. The summed E-state index contributed by atoms with van der Waals surface area (Å²) in [5, 5.41) is 0. The van der Waals surface area contributed by atoms with Gasteiger partial charge in [0.05, 0.1) is 12.2 Å². The van der Waals surface area contributed by atoms with Gasteiger partial charge in [0.15, 0.2) is 5.78 Å². The second-order valence-corrected chi connectivity index (χ2v) is 4.23. The van der Waals surface area contributed by atoms with E-state index in [1.54, 1.807) is 25.1 Å². The molecule has 0 aromatic heterocycles. The monoisotopic (exact) mass is 288 g/mol. The van der Waals surface area contributed by atoms with Crippen molar-refractivity contribution in [3.63, 3.8) is 0 Å². The van der Waals surface area contributed by atoms with E-state index in [0.29, 0.717) is 23.3 Å². The van der Waals surface area contributed by atoms with Crippen LogP contribution in [0.4, 0.5) is 0 Å². The number of hydrogen-bond donors (Lipinski definition) is 0. The molecule has 0 unspecified atom stereocenters. The first kappa shape index (κ1) is 15.0. The van der Waals surface area contributed by atoms with Crippen molar-refractivity contribution in [3.05, 3.63) is 34.9 Å². The van der Waals surface area contributed by atoms with Crippen LogP contribution in [-0.2, 0) is 10.6 Å².